The third kappa shape index (κ3) is 4.60. The first kappa shape index (κ1) is 14.4. The van der Waals surface area contributed by atoms with Gasteiger partial charge in [-0.15, -0.1) is 0 Å². The van der Waals surface area contributed by atoms with Crippen LogP contribution >= 0.6 is 8.38 Å². The summed E-state index contributed by atoms with van der Waals surface area (Å²) in [5.74, 6) is 0.752. The molecule has 4 nitrogen and oxygen atoms in total. The molecule has 5 heteroatoms. The molecular weight excluding hydrogens is 239 g/mol. The maximum atomic E-state index is 5.61. The lowest BCUT2D eigenvalue weighted by Gasteiger charge is -2.18. The van der Waals surface area contributed by atoms with Crippen molar-refractivity contribution in [3.63, 3.8) is 0 Å². The van der Waals surface area contributed by atoms with Crippen LogP contribution in [0.3, 0.4) is 0 Å². The number of methoxy groups -OCH3 is 1. The molecule has 1 rings (SSSR count). The van der Waals surface area contributed by atoms with E-state index in [1.54, 1.807) is 7.11 Å². The number of benzene rings is 1. The third-order valence-electron chi connectivity index (χ3n) is 1.89. The van der Waals surface area contributed by atoms with E-state index in [0.29, 0.717) is 13.2 Å². The predicted molar refractivity (Wildman–Crippen MR) is 68.8 cm³/mol. The Bertz CT molecular complexity index is 313. The molecule has 0 bridgehead atoms. The van der Waals surface area contributed by atoms with Gasteiger partial charge in [-0.25, -0.2) is 0 Å². The van der Waals surface area contributed by atoms with Gasteiger partial charge in [0.25, 0.3) is 0 Å². The highest BCUT2D eigenvalue weighted by molar-refractivity contribution is 7.56. The Morgan fingerprint density at radius 3 is 2.29 bits per heavy atom. The first-order valence-electron chi connectivity index (χ1n) is 5.60. The quantitative estimate of drug-likeness (QED) is 0.530. The maximum Gasteiger partial charge on any atom is 0.208 e. The van der Waals surface area contributed by atoms with Crippen LogP contribution in [-0.2, 0) is 13.8 Å². The highest BCUT2D eigenvalue weighted by Gasteiger charge is 2.17. The molecule has 0 amide bonds. The lowest BCUT2D eigenvalue weighted by molar-refractivity contribution is 0.0517. The van der Waals surface area contributed by atoms with E-state index in [0.717, 1.165) is 11.1 Å². The number of para-hydroxylation sites is 1. The number of hydrogen-bond donors (Lipinski definition) is 0. The minimum Gasteiger partial charge on any atom is -0.467 e. The Balaban J connectivity index is 2.83. The normalized spacial score (nSPS) is 10.8. The van der Waals surface area contributed by atoms with Crippen LogP contribution in [0.2, 0.25) is 0 Å². The van der Waals surface area contributed by atoms with Crippen molar-refractivity contribution in [3.8, 4) is 5.75 Å². The van der Waals surface area contributed by atoms with E-state index in [9.17, 15) is 0 Å². The van der Waals surface area contributed by atoms with Crippen LogP contribution in [0, 0.1) is 0 Å². The van der Waals surface area contributed by atoms with Crippen LogP contribution in [0.5, 0.6) is 5.75 Å². The van der Waals surface area contributed by atoms with Gasteiger partial charge in [-0.3, -0.25) is 0 Å². The Kier molecular flexibility index (Phi) is 7.13. The first-order valence-corrected chi connectivity index (χ1v) is 6.77. The van der Waals surface area contributed by atoms with Crippen LogP contribution in [-0.4, -0.2) is 27.1 Å². The Morgan fingerprint density at radius 1 is 1.06 bits per heavy atom. The molecule has 0 saturated carbocycles. The molecule has 0 unspecified atom stereocenters. The van der Waals surface area contributed by atoms with Crippen molar-refractivity contribution < 1.29 is 18.5 Å². The third-order valence-corrected chi connectivity index (χ3v) is 3.64. The smallest absolute Gasteiger partial charge is 0.208 e. The lowest BCUT2D eigenvalue weighted by Crippen LogP contribution is -2.12. The first-order chi connectivity index (χ1) is 8.33. The summed E-state index contributed by atoms with van der Waals surface area (Å²) >= 11 is 0. The molecule has 0 saturated heterocycles. The van der Waals surface area contributed by atoms with Gasteiger partial charge in [-0.05, 0) is 26.0 Å². The number of rotatable bonds is 8. The van der Waals surface area contributed by atoms with Gasteiger partial charge in [-0.1, -0.05) is 12.1 Å². The lowest BCUT2D eigenvalue weighted by atomic mass is 10.3. The summed E-state index contributed by atoms with van der Waals surface area (Å²) in [6.45, 7) is 5.35. The zero-order chi connectivity index (χ0) is 12.5. The summed E-state index contributed by atoms with van der Waals surface area (Å²) in [5.41, 5.74) is 0. The molecule has 17 heavy (non-hydrogen) atoms. The van der Waals surface area contributed by atoms with E-state index in [1.807, 2.05) is 38.1 Å². The standard InChI is InChI=1S/C12H19O4P/c1-4-15-17(16-5-2)12-9-7-6-8-11(12)14-10-13-3/h6-9H,4-5,10H2,1-3H3. The molecule has 96 valence electrons. The average Bonchev–Trinajstić information content (AvgIpc) is 2.36. The minimum absolute atomic E-state index is 0.221. The Morgan fingerprint density at radius 2 is 1.71 bits per heavy atom. The zero-order valence-electron chi connectivity index (χ0n) is 10.5. The fraction of sp³-hybridized carbons (Fsp3) is 0.500. The van der Waals surface area contributed by atoms with Crippen LogP contribution in [0.15, 0.2) is 24.3 Å². The average molecular weight is 258 g/mol. The summed E-state index contributed by atoms with van der Waals surface area (Å²) in [6.07, 6.45) is 0. The maximum absolute atomic E-state index is 5.61. The van der Waals surface area contributed by atoms with Crippen molar-refractivity contribution in [2.24, 2.45) is 0 Å². The molecule has 0 heterocycles. The highest BCUT2D eigenvalue weighted by atomic mass is 31.2. The van der Waals surface area contributed by atoms with Crippen molar-refractivity contribution in [1.82, 2.24) is 0 Å². The van der Waals surface area contributed by atoms with Crippen LogP contribution in [0.1, 0.15) is 13.8 Å². The molecule has 0 aliphatic carbocycles. The van der Waals surface area contributed by atoms with Gasteiger partial charge in [0, 0.05) is 7.11 Å². The van der Waals surface area contributed by atoms with Crippen molar-refractivity contribution in [1.29, 1.82) is 0 Å². The van der Waals surface area contributed by atoms with Gasteiger partial charge in [0.15, 0.2) is 6.79 Å². The van der Waals surface area contributed by atoms with E-state index >= 15 is 0 Å². The van der Waals surface area contributed by atoms with Crippen molar-refractivity contribution in [2.75, 3.05) is 27.1 Å². The molecule has 0 N–H and O–H groups in total. The summed E-state index contributed by atoms with van der Waals surface area (Å²) in [7, 11) is 0.520. The summed E-state index contributed by atoms with van der Waals surface area (Å²) in [6, 6.07) is 7.71. The van der Waals surface area contributed by atoms with Gasteiger partial charge in [0.05, 0.1) is 18.5 Å². The molecule has 1 aromatic carbocycles. The molecule has 0 fully saturated rings. The van der Waals surface area contributed by atoms with E-state index in [-0.39, 0.29) is 6.79 Å². The second kappa shape index (κ2) is 8.43. The van der Waals surface area contributed by atoms with E-state index in [1.165, 1.54) is 0 Å². The van der Waals surface area contributed by atoms with E-state index in [2.05, 4.69) is 0 Å². The molecule has 1 aromatic rings. The largest absolute Gasteiger partial charge is 0.467 e. The molecule has 0 spiro atoms. The molecule has 0 radical (unpaired) electrons. The number of hydrogen-bond acceptors (Lipinski definition) is 4. The van der Waals surface area contributed by atoms with Crippen molar-refractivity contribution in [2.45, 2.75) is 13.8 Å². The SMILES string of the molecule is CCOP(OCC)c1ccccc1OCOC. The minimum atomic E-state index is -1.07. The highest BCUT2D eigenvalue weighted by Crippen LogP contribution is 2.40. The predicted octanol–water partition coefficient (Wildman–Crippen LogP) is 2.68. The topological polar surface area (TPSA) is 36.9 Å². The van der Waals surface area contributed by atoms with Gasteiger partial charge in [0.1, 0.15) is 5.75 Å². The van der Waals surface area contributed by atoms with Crippen LogP contribution < -0.4 is 10.0 Å². The van der Waals surface area contributed by atoms with Gasteiger partial charge < -0.3 is 18.5 Å². The van der Waals surface area contributed by atoms with Crippen molar-refractivity contribution >= 4 is 13.7 Å². The fourth-order valence-electron chi connectivity index (χ4n) is 1.26. The van der Waals surface area contributed by atoms with E-state index in [4.69, 9.17) is 18.5 Å². The molecule has 0 aliphatic heterocycles. The zero-order valence-corrected chi connectivity index (χ0v) is 11.4. The van der Waals surface area contributed by atoms with E-state index < -0.39 is 8.38 Å². The van der Waals surface area contributed by atoms with Crippen LogP contribution in [0.25, 0.3) is 0 Å². The van der Waals surface area contributed by atoms with Crippen LogP contribution in [0.4, 0.5) is 0 Å². The Hall–Kier alpha value is -0.670. The summed E-state index contributed by atoms with van der Waals surface area (Å²) in [5, 5.41) is 0.947. The molecule has 0 atom stereocenters. The molecule has 0 aliphatic rings. The second-order valence-corrected chi connectivity index (χ2v) is 4.62. The second-order valence-electron chi connectivity index (χ2n) is 3.11. The molecule has 0 aromatic heterocycles. The fourth-order valence-corrected chi connectivity index (χ4v) is 2.61. The Labute approximate surface area is 104 Å². The summed E-state index contributed by atoms with van der Waals surface area (Å²) < 4.78 is 21.6. The summed E-state index contributed by atoms with van der Waals surface area (Å²) in [4.78, 5) is 0. The van der Waals surface area contributed by atoms with Gasteiger partial charge >= 0.3 is 0 Å². The molecular formula is C12H19O4P. The van der Waals surface area contributed by atoms with Gasteiger partial charge in [0.2, 0.25) is 8.38 Å². The monoisotopic (exact) mass is 258 g/mol. The van der Waals surface area contributed by atoms with Gasteiger partial charge in [-0.2, -0.15) is 0 Å². The number of ether oxygens (including phenoxy) is 2. The van der Waals surface area contributed by atoms with Crippen molar-refractivity contribution in [3.05, 3.63) is 24.3 Å².